The molecule has 0 saturated heterocycles. The number of rotatable bonds is 4. The topological polar surface area (TPSA) is 15.3 Å². The number of fused-ring (bicyclic) bond motifs is 3. The van der Waals surface area contributed by atoms with Crippen molar-refractivity contribution in [1.29, 1.82) is 0 Å². The lowest BCUT2D eigenvalue weighted by Gasteiger charge is -2.38. The second kappa shape index (κ2) is 8.32. The first-order valence-electron chi connectivity index (χ1n) is 12.6. The van der Waals surface area contributed by atoms with Gasteiger partial charge in [0.25, 0.3) is 0 Å². The number of nitrogens with one attached hydrogen (secondary N) is 1. The molecular weight excluding hydrogens is 424 g/mol. The minimum absolute atomic E-state index is 0.253. The summed E-state index contributed by atoms with van der Waals surface area (Å²) >= 11 is 0. The molecule has 3 aromatic rings. The zero-order valence-corrected chi connectivity index (χ0v) is 19.6. The van der Waals surface area contributed by atoms with Crippen LogP contribution in [0.5, 0.6) is 0 Å². The van der Waals surface area contributed by atoms with Crippen LogP contribution in [0.3, 0.4) is 0 Å². The molecular formula is C33H28N2. The van der Waals surface area contributed by atoms with Gasteiger partial charge >= 0.3 is 0 Å². The summed E-state index contributed by atoms with van der Waals surface area (Å²) in [6.45, 7) is 0.897. The van der Waals surface area contributed by atoms with E-state index in [0.29, 0.717) is 11.8 Å². The van der Waals surface area contributed by atoms with Crippen molar-refractivity contribution in [3.63, 3.8) is 0 Å². The van der Waals surface area contributed by atoms with E-state index in [1.165, 1.54) is 51.2 Å². The predicted molar refractivity (Wildman–Crippen MR) is 145 cm³/mol. The molecule has 2 heteroatoms. The number of hydrogen-bond acceptors (Lipinski definition) is 2. The van der Waals surface area contributed by atoms with Gasteiger partial charge in [-0.25, -0.2) is 0 Å². The van der Waals surface area contributed by atoms with Crippen molar-refractivity contribution in [2.24, 2.45) is 5.92 Å². The quantitative estimate of drug-likeness (QED) is 0.442. The third kappa shape index (κ3) is 3.57. The van der Waals surface area contributed by atoms with E-state index in [1.54, 1.807) is 0 Å². The van der Waals surface area contributed by atoms with Crippen molar-refractivity contribution in [3.8, 4) is 11.1 Å². The average Bonchev–Trinajstić information content (AvgIpc) is 3.74. The molecule has 1 fully saturated rings. The van der Waals surface area contributed by atoms with Crippen LogP contribution in [0.15, 0.2) is 121 Å². The van der Waals surface area contributed by atoms with Gasteiger partial charge in [-0.3, -0.25) is 0 Å². The van der Waals surface area contributed by atoms with Crippen LogP contribution < -0.4 is 5.32 Å². The molecule has 4 aliphatic rings. The predicted octanol–water partition coefficient (Wildman–Crippen LogP) is 7.44. The SMILES string of the molecule is C1=CCNC(c2ccccc2C2CC2C2=Cc3ccc(-c4ccccc4)cc3C3C=CC=CN23)=C1. The highest BCUT2D eigenvalue weighted by Crippen LogP contribution is 2.57. The number of nitrogens with zero attached hydrogens (tertiary/aromatic N) is 1. The van der Waals surface area contributed by atoms with E-state index in [1.807, 2.05) is 0 Å². The number of hydrogen-bond donors (Lipinski definition) is 1. The summed E-state index contributed by atoms with van der Waals surface area (Å²) in [5.74, 6) is 1.09. The van der Waals surface area contributed by atoms with E-state index < -0.39 is 0 Å². The van der Waals surface area contributed by atoms with E-state index in [4.69, 9.17) is 0 Å². The van der Waals surface area contributed by atoms with Crippen molar-refractivity contribution < 1.29 is 0 Å². The fourth-order valence-electron chi connectivity index (χ4n) is 5.88. The molecule has 7 rings (SSSR count). The van der Waals surface area contributed by atoms with E-state index in [-0.39, 0.29) is 6.04 Å². The minimum atomic E-state index is 0.253. The first kappa shape index (κ1) is 20.3. The van der Waals surface area contributed by atoms with Crippen molar-refractivity contribution in [2.75, 3.05) is 6.54 Å². The van der Waals surface area contributed by atoms with Crippen LogP contribution in [0.2, 0.25) is 0 Å². The molecule has 2 nitrogen and oxygen atoms in total. The summed E-state index contributed by atoms with van der Waals surface area (Å²) in [6.07, 6.45) is 19.1. The van der Waals surface area contributed by atoms with Crippen LogP contribution in [-0.4, -0.2) is 11.4 Å². The van der Waals surface area contributed by atoms with Crippen LogP contribution in [-0.2, 0) is 0 Å². The molecule has 1 N–H and O–H groups in total. The third-order valence-electron chi connectivity index (χ3n) is 7.70. The van der Waals surface area contributed by atoms with Gasteiger partial charge in [0.15, 0.2) is 0 Å². The molecule has 170 valence electrons. The molecule has 3 unspecified atom stereocenters. The van der Waals surface area contributed by atoms with Gasteiger partial charge in [-0.05, 0) is 64.5 Å². The lowest BCUT2D eigenvalue weighted by atomic mass is 9.88. The first-order chi connectivity index (χ1) is 17.4. The number of benzene rings is 3. The fourth-order valence-corrected chi connectivity index (χ4v) is 5.88. The van der Waals surface area contributed by atoms with Gasteiger partial charge in [0, 0.05) is 35.6 Å². The van der Waals surface area contributed by atoms with Gasteiger partial charge in [0.05, 0.1) is 6.04 Å². The molecule has 0 spiro atoms. The van der Waals surface area contributed by atoms with Crippen molar-refractivity contribution in [2.45, 2.75) is 18.4 Å². The Hall–Kier alpha value is -4.04. The summed E-state index contributed by atoms with van der Waals surface area (Å²) in [6, 6.07) is 26.9. The van der Waals surface area contributed by atoms with Crippen LogP contribution in [0, 0.1) is 5.92 Å². The first-order valence-corrected chi connectivity index (χ1v) is 12.6. The van der Waals surface area contributed by atoms with Crippen LogP contribution >= 0.6 is 0 Å². The summed E-state index contributed by atoms with van der Waals surface area (Å²) in [4.78, 5) is 2.51. The molecule has 35 heavy (non-hydrogen) atoms. The van der Waals surface area contributed by atoms with Crippen molar-refractivity contribution >= 4 is 11.8 Å². The minimum Gasteiger partial charge on any atom is -0.381 e. The van der Waals surface area contributed by atoms with Crippen LogP contribution in [0.1, 0.15) is 40.6 Å². The maximum Gasteiger partial charge on any atom is 0.0775 e. The third-order valence-corrected chi connectivity index (χ3v) is 7.70. The Kier molecular flexibility index (Phi) is 4.84. The highest BCUT2D eigenvalue weighted by molar-refractivity contribution is 5.73. The summed E-state index contributed by atoms with van der Waals surface area (Å²) in [5.41, 5.74) is 10.8. The molecule has 1 aliphatic carbocycles. The zero-order valence-electron chi connectivity index (χ0n) is 19.6. The van der Waals surface area contributed by atoms with Gasteiger partial charge in [-0.2, -0.15) is 0 Å². The van der Waals surface area contributed by atoms with E-state index in [9.17, 15) is 0 Å². The van der Waals surface area contributed by atoms with E-state index in [0.717, 1.165) is 6.54 Å². The highest BCUT2D eigenvalue weighted by Gasteiger charge is 2.46. The van der Waals surface area contributed by atoms with Gasteiger partial charge in [-0.1, -0.05) is 91.0 Å². The molecule has 3 aromatic carbocycles. The van der Waals surface area contributed by atoms with Gasteiger partial charge in [-0.15, -0.1) is 0 Å². The smallest absolute Gasteiger partial charge is 0.0775 e. The summed E-state index contributed by atoms with van der Waals surface area (Å²) in [7, 11) is 0. The monoisotopic (exact) mass is 452 g/mol. The van der Waals surface area contributed by atoms with Crippen molar-refractivity contribution in [3.05, 3.63) is 143 Å². The Bertz CT molecular complexity index is 1440. The van der Waals surface area contributed by atoms with Gasteiger partial charge < -0.3 is 10.2 Å². The lowest BCUT2D eigenvalue weighted by Crippen LogP contribution is -2.28. The number of allylic oxidation sites excluding steroid dienone is 5. The van der Waals surface area contributed by atoms with E-state index >= 15 is 0 Å². The van der Waals surface area contributed by atoms with Gasteiger partial charge in [0.1, 0.15) is 0 Å². The Labute approximate surface area is 207 Å². The molecule has 0 amide bonds. The molecule has 0 aromatic heterocycles. The second-order valence-electron chi connectivity index (χ2n) is 9.78. The maximum atomic E-state index is 3.56. The molecule has 0 bridgehead atoms. The zero-order chi connectivity index (χ0) is 23.2. The molecule has 1 saturated carbocycles. The average molecular weight is 453 g/mol. The maximum absolute atomic E-state index is 3.56. The van der Waals surface area contributed by atoms with Gasteiger partial charge in [0.2, 0.25) is 0 Å². The lowest BCUT2D eigenvalue weighted by molar-refractivity contribution is 0.373. The Morgan fingerprint density at radius 2 is 1.66 bits per heavy atom. The van der Waals surface area contributed by atoms with E-state index in [2.05, 4.69) is 132 Å². The fraction of sp³-hybridized carbons (Fsp3) is 0.152. The number of dihydropyridines is 1. The molecule has 3 heterocycles. The normalized spacial score (nSPS) is 23.7. The summed E-state index contributed by atoms with van der Waals surface area (Å²) in [5, 5.41) is 3.56. The van der Waals surface area contributed by atoms with Crippen LogP contribution in [0.25, 0.3) is 22.9 Å². The standard InChI is InChI=1S/C33H28N2/c1-2-10-23(11-3-1)24-16-17-25-21-33(35-19-9-7-15-32(35)28(25)20-24)30-22-29(30)26-12-4-5-13-27(26)31-14-6-8-18-34-31/h1-17,19-21,29-30,32,34H,18,22H2. The van der Waals surface area contributed by atoms with Crippen LogP contribution in [0.4, 0.5) is 0 Å². The molecule has 0 radical (unpaired) electrons. The Morgan fingerprint density at radius 1 is 0.771 bits per heavy atom. The summed E-state index contributed by atoms with van der Waals surface area (Å²) < 4.78 is 0. The Morgan fingerprint density at radius 3 is 2.54 bits per heavy atom. The largest absolute Gasteiger partial charge is 0.381 e. The molecule has 3 atom stereocenters. The molecule has 3 aliphatic heterocycles. The Balaban J connectivity index is 1.25. The van der Waals surface area contributed by atoms with Crippen molar-refractivity contribution in [1.82, 2.24) is 10.2 Å². The highest BCUT2D eigenvalue weighted by atomic mass is 15.2. The second-order valence-corrected chi connectivity index (χ2v) is 9.78.